The maximum atomic E-state index is 12.1. The minimum Gasteiger partial charge on any atom is -0.480 e. The average molecular weight is 277 g/mol. The molecule has 2 rings (SSSR count). The smallest absolute Gasteiger partial charge is 0.322 e. The molecule has 9 heteroatoms. The van der Waals surface area contributed by atoms with Crippen molar-refractivity contribution in [1.29, 1.82) is 0 Å². The first-order valence-electron chi connectivity index (χ1n) is 4.85. The summed E-state index contributed by atoms with van der Waals surface area (Å²) in [6, 6.07) is 0.303. The molecule has 1 fully saturated rings. The number of carboxylic acids is 1. The summed E-state index contributed by atoms with van der Waals surface area (Å²) in [7, 11) is -3.79. The normalized spacial score (nSPS) is 22.5. The molecule has 1 aromatic rings. The molecule has 1 saturated heterocycles. The van der Waals surface area contributed by atoms with Gasteiger partial charge in [0.2, 0.25) is 0 Å². The van der Waals surface area contributed by atoms with Crippen LogP contribution in [0.5, 0.6) is 0 Å². The first-order chi connectivity index (χ1) is 8.03. The van der Waals surface area contributed by atoms with Crippen LogP contribution in [0.15, 0.2) is 17.3 Å². The molecular weight excluding hydrogens is 266 g/mol. The van der Waals surface area contributed by atoms with E-state index in [0.717, 1.165) is 4.31 Å². The van der Waals surface area contributed by atoms with E-state index in [-0.39, 0.29) is 17.3 Å². The highest BCUT2D eigenvalue weighted by molar-refractivity contribution is 7.99. The summed E-state index contributed by atoms with van der Waals surface area (Å²) in [6.07, 6.45) is 1.32. The Balaban J connectivity index is 2.34. The number of carboxylic acid groups (broad SMARTS) is 1. The Morgan fingerprint density at radius 2 is 2.41 bits per heavy atom. The van der Waals surface area contributed by atoms with Crippen LogP contribution in [0.2, 0.25) is 0 Å². The van der Waals surface area contributed by atoms with Gasteiger partial charge in [0.1, 0.15) is 6.04 Å². The molecule has 0 saturated carbocycles. The van der Waals surface area contributed by atoms with Crippen molar-refractivity contribution in [2.75, 3.05) is 18.1 Å². The minimum absolute atomic E-state index is 0.0735. The van der Waals surface area contributed by atoms with Crippen molar-refractivity contribution in [1.82, 2.24) is 14.5 Å². The maximum absolute atomic E-state index is 12.1. The first kappa shape index (κ1) is 12.4. The standard InChI is InChI=1S/C8H11N3O4S2/c12-8(13)6-5-16-4-3-11(6)17(14,15)7-1-2-9-10-7/h1-2,6H,3-5H2,(H,9,10)(H,12,13). The van der Waals surface area contributed by atoms with Crippen LogP contribution in [-0.2, 0) is 14.8 Å². The van der Waals surface area contributed by atoms with Gasteiger partial charge >= 0.3 is 5.97 Å². The van der Waals surface area contributed by atoms with Gasteiger partial charge in [-0.15, -0.1) is 0 Å². The fraction of sp³-hybridized carbons (Fsp3) is 0.500. The fourth-order valence-electron chi connectivity index (χ4n) is 1.58. The third-order valence-electron chi connectivity index (χ3n) is 2.43. The number of nitrogens with one attached hydrogen (secondary N) is 1. The van der Waals surface area contributed by atoms with Crippen molar-refractivity contribution in [2.24, 2.45) is 0 Å². The lowest BCUT2D eigenvalue weighted by molar-refractivity contribution is -0.140. The molecule has 0 spiro atoms. The van der Waals surface area contributed by atoms with Gasteiger partial charge in [0.05, 0.1) is 6.20 Å². The zero-order valence-corrected chi connectivity index (χ0v) is 10.4. The van der Waals surface area contributed by atoms with Gasteiger partial charge in [-0.05, 0) is 6.07 Å². The van der Waals surface area contributed by atoms with Crippen LogP contribution in [0.3, 0.4) is 0 Å². The predicted molar refractivity (Wildman–Crippen MR) is 61.2 cm³/mol. The molecule has 0 amide bonds. The average Bonchev–Trinajstić information content (AvgIpc) is 2.83. The number of carbonyl (C=O) groups is 1. The molecule has 1 aliphatic heterocycles. The van der Waals surface area contributed by atoms with Gasteiger partial charge in [0.15, 0.2) is 5.03 Å². The van der Waals surface area contributed by atoms with E-state index < -0.39 is 22.0 Å². The van der Waals surface area contributed by atoms with Crippen molar-refractivity contribution in [3.05, 3.63) is 12.3 Å². The number of hydrogen-bond acceptors (Lipinski definition) is 5. The molecule has 94 valence electrons. The van der Waals surface area contributed by atoms with Gasteiger partial charge < -0.3 is 5.11 Å². The highest BCUT2D eigenvalue weighted by Crippen LogP contribution is 2.23. The van der Waals surface area contributed by atoms with Crippen molar-refractivity contribution in [2.45, 2.75) is 11.1 Å². The second-order valence-corrected chi connectivity index (χ2v) is 6.47. The van der Waals surface area contributed by atoms with Gasteiger partial charge in [-0.3, -0.25) is 9.89 Å². The number of rotatable bonds is 3. The molecular formula is C8H11N3O4S2. The van der Waals surface area contributed by atoms with Crippen LogP contribution in [-0.4, -0.2) is 58.1 Å². The Hall–Kier alpha value is -1.06. The van der Waals surface area contributed by atoms with E-state index in [9.17, 15) is 13.2 Å². The van der Waals surface area contributed by atoms with Crippen molar-refractivity contribution in [3.8, 4) is 0 Å². The van der Waals surface area contributed by atoms with Gasteiger partial charge in [-0.1, -0.05) is 0 Å². The molecule has 1 aliphatic rings. The Bertz CT molecular complexity index is 499. The van der Waals surface area contributed by atoms with Crippen molar-refractivity contribution >= 4 is 27.8 Å². The van der Waals surface area contributed by atoms with E-state index in [1.165, 1.54) is 24.0 Å². The molecule has 17 heavy (non-hydrogen) atoms. The molecule has 7 nitrogen and oxygen atoms in total. The lowest BCUT2D eigenvalue weighted by Crippen LogP contribution is -2.50. The molecule has 2 N–H and O–H groups in total. The maximum Gasteiger partial charge on any atom is 0.322 e. The Morgan fingerprint density at radius 1 is 1.65 bits per heavy atom. The van der Waals surface area contributed by atoms with E-state index in [2.05, 4.69) is 10.2 Å². The number of H-pyrrole nitrogens is 1. The van der Waals surface area contributed by atoms with Gasteiger partial charge in [-0.2, -0.15) is 21.2 Å². The number of nitrogens with zero attached hydrogens (tertiary/aromatic N) is 2. The molecule has 1 aromatic heterocycles. The number of aromatic amines is 1. The Labute approximate surface area is 102 Å². The van der Waals surface area contributed by atoms with E-state index in [4.69, 9.17) is 5.11 Å². The lowest BCUT2D eigenvalue weighted by Gasteiger charge is -2.30. The van der Waals surface area contributed by atoms with E-state index in [1.807, 2.05) is 0 Å². The number of aromatic nitrogens is 2. The topological polar surface area (TPSA) is 103 Å². The summed E-state index contributed by atoms with van der Waals surface area (Å²) in [6.45, 7) is 0.197. The summed E-state index contributed by atoms with van der Waals surface area (Å²) in [5, 5.41) is 14.9. The number of sulfonamides is 1. The largest absolute Gasteiger partial charge is 0.480 e. The molecule has 2 heterocycles. The highest BCUT2D eigenvalue weighted by Gasteiger charge is 2.38. The minimum atomic E-state index is -3.79. The molecule has 0 aliphatic carbocycles. The van der Waals surface area contributed by atoms with Gasteiger partial charge in [-0.25, -0.2) is 8.42 Å². The highest BCUT2D eigenvalue weighted by atomic mass is 32.2. The molecule has 0 bridgehead atoms. The summed E-state index contributed by atoms with van der Waals surface area (Å²) in [5.74, 6) is -0.264. The van der Waals surface area contributed by atoms with E-state index in [0.29, 0.717) is 5.75 Å². The van der Waals surface area contributed by atoms with Crippen LogP contribution >= 0.6 is 11.8 Å². The molecule has 0 radical (unpaired) electrons. The first-order valence-corrected chi connectivity index (χ1v) is 7.45. The van der Waals surface area contributed by atoms with Crippen LogP contribution in [0, 0.1) is 0 Å². The van der Waals surface area contributed by atoms with E-state index >= 15 is 0 Å². The van der Waals surface area contributed by atoms with Gasteiger partial charge in [0, 0.05) is 18.1 Å². The lowest BCUT2D eigenvalue weighted by atomic mass is 10.3. The molecule has 1 unspecified atom stereocenters. The van der Waals surface area contributed by atoms with E-state index in [1.54, 1.807) is 0 Å². The van der Waals surface area contributed by atoms with Crippen LogP contribution in [0.25, 0.3) is 0 Å². The second-order valence-electron chi connectivity index (χ2n) is 3.47. The predicted octanol–water partition coefficient (Wildman–Crippen LogP) is -0.400. The number of hydrogen-bond donors (Lipinski definition) is 2. The summed E-state index contributed by atoms with van der Waals surface area (Å²) < 4.78 is 25.3. The van der Waals surface area contributed by atoms with Crippen LogP contribution in [0.4, 0.5) is 0 Å². The number of thioether (sulfide) groups is 1. The third kappa shape index (κ3) is 2.31. The summed E-state index contributed by atoms with van der Waals surface area (Å²) in [5.41, 5.74) is 0. The second kappa shape index (κ2) is 4.67. The zero-order valence-electron chi connectivity index (χ0n) is 8.74. The fourth-order valence-corrected chi connectivity index (χ4v) is 4.32. The molecule has 1 atom stereocenters. The molecule has 0 aromatic carbocycles. The van der Waals surface area contributed by atoms with Crippen molar-refractivity contribution < 1.29 is 18.3 Å². The summed E-state index contributed by atoms with van der Waals surface area (Å²) in [4.78, 5) is 11.0. The quantitative estimate of drug-likeness (QED) is 0.779. The summed E-state index contributed by atoms with van der Waals surface area (Å²) >= 11 is 1.44. The Morgan fingerprint density at radius 3 is 3.00 bits per heavy atom. The number of aliphatic carboxylic acids is 1. The van der Waals surface area contributed by atoms with Crippen LogP contribution < -0.4 is 0 Å². The third-order valence-corrected chi connectivity index (χ3v) is 5.29. The zero-order chi connectivity index (χ0) is 12.5. The SMILES string of the molecule is O=C(O)C1CSCCN1S(=O)(=O)c1ccn[nH]1. The monoisotopic (exact) mass is 277 g/mol. The van der Waals surface area contributed by atoms with Crippen molar-refractivity contribution in [3.63, 3.8) is 0 Å². The van der Waals surface area contributed by atoms with Crippen LogP contribution in [0.1, 0.15) is 0 Å². The Kier molecular flexibility index (Phi) is 3.40. The van der Waals surface area contributed by atoms with Gasteiger partial charge in [0.25, 0.3) is 10.0 Å².